The molecule has 3 N–H and O–H groups in total. The zero-order valence-electron chi connectivity index (χ0n) is 8.06. The molecule has 0 aliphatic carbocycles. The van der Waals surface area contributed by atoms with Gasteiger partial charge in [-0.05, 0) is 6.07 Å². The van der Waals surface area contributed by atoms with E-state index in [1.165, 1.54) is 6.07 Å². The zero-order chi connectivity index (χ0) is 10.8. The standard InChI is InChI=1S/C10H12F2N2O/c11-7-2-1-6(10(15)9(7)12)8-5-13-3-4-14-8/h1-2,8,13-15H,3-5H2/t8-/m1/s1. The van der Waals surface area contributed by atoms with E-state index >= 15 is 0 Å². The monoisotopic (exact) mass is 214 g/mol. The maximum absolute atomic E-state index is 13.1. The van der Waals surface area contributed by atoms with Crippen molar-refractivity contribution >= 4 is 0 Å². The lowest BCUT2D eigenvalue weighted by molar-refractivity contribution is 0.374. The summed E-state index contributed by atoms with van der Waals surface area (Å²) < 4.78 is 25.8. The second kappa shape index (κ2) is 4.12. The fourth-order valence-electron chi connectivity index (χ4n) is 1.71. The predicted molar refractivity (Wildman–Crippen MR) is 51.6 cm³/mol. The second-order valence-corrected chi connectivity index (χ2v) is 3.51. The van der Waals surface area contributed by atoms with Gasteiger partial charge in [-0.2, -0.15) is 4.39 Å². The van der Waals surface area contributed by atoms with Crippen molar-refractivity contribution in [1.29, 1.82) is 0 Å². The van der Waals surface area contributed by atoms with Crippen LogP contribution in [0.25, 0.3) is 0 Å². The molecule has 1 aliphatic rings. The van der Waals surface area contributed by atoms with Crippen LogP contribution < -0.4 is 10.6 Å². The average Bonchev–Trinajstić information content (AvgIpc) is 2.27. The minimum Gasteiger partial charge on any atom is -0.505 e. The van der Waals surface area contributed by atoms with Crippen molar-refractivity contribution in [3.8, 4) is 5.75 Å². The van der Waals surface area contributed by atoms with Gasteiger partial charge in [0.2, 0.25) is 5.82 Å². The first-order chi connectivity index (χ1) is 7.20. The van der Waals surface area contributed by atoms with Gasteiger partial charge in [0.1, 0.15) is 0 Å². The molecule has 82 valence electrons. The third-order valence-corrected chi connectivity index (χ3v) is 2.52. The van der Waals surface area contributed by atoms with Gasteiger partial charge in [-0.25, -0.2) is 4.39 Å². The molecule has 2 rings (SSSR count). The first-order valence-electron chi connectivity index (χ1n) is 4.81. The van der Waals surface area contributed by atoms with Crippen LogP contribution in [0.1, 0.15) is 11.6 Å². The lowest BCUT2D eigenvalue weighted by Gasteiger charge is -2.25. The molecular weight excluding hydrogens is 202 g/mol. The van der Waals surface area contributed by atoms with Crippen molar-refractivity contribution in [1.82, 2.24) is 10.6 Å². The smallest absolute Gasteiger partial charge is 0.200 e. The van der Waals surface area contributed by atoms with E-state index in [0.717, 1.165) is 19.2 Å². The normalized spacial score (nSPS) is 21.6. The van der Waals surface area contributed by atoms with Crippen molar-refractivity contribution in [3.63, 3.8) is 0 Å². The third-order valence-electron chi connectivity index (χ3n) is 2.52. The van der Waals surface area contributed by atoms with Crippen LogP contribution in [0.5, 0.6) is 5.75 Å². The number of nitrogens with one attached hydrogen (secondary N) is 2. The molecule has 0 bridgehead atoms. The molecule has 0 saturated carbocycles. The molecule has 0 aromatic heterocycles. The summed E-state index contributed by atoms with van der Waals surface area (Å²) in [7, 11) is 0. The van der Waals surface area contributed by atoms with E-state index in [0.29, 0.717) is 12.1 Å². The van der Waals surface area contributed by atoms with E-state index < -0.39 is 17.4 Å². The largest absolute Gasteiger partial charge is 0.505 e. The molecule has 0 radical (unpaired) electrons. The molecule has 1 aliphatic heterocycles. The van der Waals surface area contributed by atoms with Gasteiger partial charge in [0, 0.05) is 31.2 Å². The van der Waals surface area contributed by atoms with Crippen molar-refractivity contribution in [2.24, 2.45) is 0 Å². The third kappa shape index (κ3) is 1.93. The Morgan fingerprint density at radius 2 is 2.07 bits per heavy atom. The van der Waals surface area contributed by atoms with Crippen molar-refractivity contribution < 1.29 is 13.9 Å². The van der Waals surface area contributed by atoms with Crippen molar-refractivity contribution in [3.05, 3.63) is 29.3 Å². The van der Waals surface area contributed by atoms with Crippen LogP contribution in [0.3, 0.4) is 0 Å². The van der Waals surface area contributed by atoms with Gasteiger partial charge >= 0.3 is 0 Å². The van der Waals surface area contributed by atoms with E-state index in [2.05, 4.69) is 10.6 Å². The van der Waals surface area contributed by atoms with Crippen LogP contribution in [0, 0.1) is 11.6 Å². The number of halogens is 2. The summed E-state index contributed by atoms with van der Waals surface area (Å²) in [5.41, 5.74) is 0.390. The Kier molecular flexibility index (Phi) is 2.83. The zero-order valence-corrected chi connectivity index (χ0v) is 8.06. The Hall–Kier alpha value is -1.20. The van der Waals surface area contributed by atoms with Gasteiger partial charge in [0.25, 0.3) is 0 Å². The summed E-state index contributed by atoms with van der Waals surface area (Å²) in [6.07, 6.45) is 0. The van der Waals surface area contributed by atoms with Crippen LogP contribution >= 0.6 is 0 Å². The average molecular weight is 214 g/mol. The number of hydrogen-bond donors (Lipinski definition) is 3. The van der Waals surface area contributed by atoms with Crippen LogP contribution in [0.15, 0.2) is 12.1 Å². The molecule has 0 spiro atoms. The Morgan fingerprint density at radius 1 is 1.27 bits per heavy atom. The Bertz CT molecular complexity index is 365. The van der Waals surface area contributed by atoms with E-state index in [9.17, 15) is 13.9 Å². The Labute approximate surface area is 86.1 Å². The minimum absolute atomic E-state index is 0.172. The first-order valence-corrected chi connectivity index (χ1v) is 4.81. The molecule has 0 unspecified atom stereocenters. The first kappa shape index (κ1) is 10.3. The fourth-order valence-corrected chi connectivity index (χ4v) is 1.71. The SMILES string of the molecule is Oc1c([C@H]2CNCCN2)ccc(F)c1F. The van der Waals surface area contributed by atoms with Gasteiger partial charge in [-0.3, -0.25) is 0 Å². The van der Waals surface area contributed by atoms with Gasteiger partial charge < -0.3 is 15.7 Å². The topological polar surface area (TPSA) is 44.3 Å². The molecule has 3 nitrogen and oxygen atoms in total. The van der Waals surface area contributed by atoms with E-state index in [-0.39, 0.29) is 6.04 Å². The molecular formula is C10H12F2N2O. The summed E-state index contributed by atoms with van der Waals surface area (Å²) in [5, 5.41) is 15.7. The highest BCUT2D eigenvalue weighted by Crippen LogP contribution is 2.28. The Morgan fingerprint density at radius 3 is 2.73 bits per heavy atom. The number of phenols is 1. The van der Waals surface area contributed by atoms with Gasteiger partial charge in [-0.1, -0.05) is 6.07 Å². The number of phenolic OH excluding ortho intramolecular Hbond substituents is 1. The second-order valence-electron chi connectivity index (χ2n) is 3.51. The molecule has 1 heterocycles. The predicted octanol–water partition coefficient (Wildman–Crippen LogP) is 0.904. The van der Waals surface area contributed by atoms with Gasteiger partial charge in [0.15, 0.2) is 11.6 Å². The number of hydrogen-bond acceptors (Lipinski definition) is 3. The lowest BCUT2D eigenvalue weighted by atomic mass is 10.0. The molecule has 5 heteroatoms. The van der Waals surface area contributed by atoms with E-state index in [1.54, 1.807) is 0 Å². The molecule has 1 aromatic carbocycles. The number of rotatable bonds is 1. The fraction of sp³-hybridized carbons (Fsp3) is 0.400. The lowest BCUT2D eigenvalue weighted by Crippen LogP contribution is -2.42. The number of benzene rings is 1. The summed E-state index contributed by atoms with van der Waals surface area (Å²) in [5.74, 6) is -2.81. The summed E-state index contributed by atoms with van der Waals surface area (Å²) in [4.78, 5) is 0. The molecule has 1 fully saturated rings. The highest BCUT2D eigenvalue weighted by Gasteiger charge is 2.21. The van der Waals surface area contributed by atoms with Gasteiger partial charge in [0.05, 0.1) is 0 Å². The minimum atomic E-state index is -1.18. The molecule has 1 saturated heterocycles. The number of aromatic hydroxyl groups is 1. The maximum Gasteiger partial charge on any atom is 0.200 e. The highest BCUT2D eigenvalue weighted by molar-refractivity contribution is 5.37. The van der Waals surface area contributed by atoms with Crippen molar-refractivity contribution in [2.75, 3.05) is 19.6 Å². The van der Waals surface area contributed by atoms with Crippen LogP contribution in [-0.2, 0) is 0 Å². The summed E-state index contributed by atoms with van der Waals surface area (Å²) in [6, 6.07) is 2.26. The quantitative estimate of drug-likeness (QED) is 0.651. The summed E-state index contributed by atoms with van der Waals surface area (Å²) >= 11 is 0. The Balaban J connectivity index is 2.31. The molecule has 1 atom stereocenters. The van der Waals surface area contributed by atoms with Gasteiger partial charge in [-0.15, -0.1) is 0 Å². The highest BCUT2D eigenvalue weighted by atomic mass is 19.2. The molecule has 1 aromatic rings. The molecule has 0 amide bonds. The maximum atomic E-state index is 13.1. The van der Waals surface area contributed by atoms with E-state index in [1.807, 2.05) is 0 Å². The number of piperazine rings is 1. The summed E-state index contributed by atoms with van der Waals surface area (Å²) in [6.45, 7) is 2.17. The van der Waals surface area contributed by atoms with Crippen LogP contribution in [-0.4, -0.2) is 24.7 Å². The van der Waals surface area contributed by atoms with Crippen LogP contribution in [0.4, 0.5) is 8.78 Å². The van der Waals surface area contributed by atoms with E-state index in [4.69, 9.17) is 0 Å². The van der Waals surface area contributed by atoms with Crippen LogP contribution in [0.2, 0.25) is 0 Å². The molecule has 15 heavy (non-hydrogen) atoms. The van der Waals surface area contributed by atoms with Crippen molar-refractivity contribution in [2.45, 2.75) is 6.04 Å².